The van der Waals surface area contributed by atoms with Crippen LogP contribution in [0.5, 0.6) is 0 Å². The first-order valence-electron chi connectivity index (χ1n) is 9.09. The summed E-state index contributed by atoms with van der Waals surface area (Å²) in [6.07, 6.45) is 5.45. The molecule has 0 spiro atoms. The standard InChI is InChI=1S/C21H24N2O3/c24-20(16-7-2-1-3-8-16)23-19-11-5-10-18(13-19)22-14-15-6-4-9-17(12-15)21(25)26/h4-6,9-13,16,22H,1-3,7-8,14H2,(H,23,24)(H,25,26). The SMILES string of the molecule is O=C(O)c1cccc(CNc2cccc(NC(=O)C3CCCCC3)c2)c1. The molecule has 0 heterocycles. The minimum absolute atomic E-state index is 0.107. The van der Waals surface area contributed by atoms with Crippen molar-refractivity contribution in [2.45, 2.75) is 38.6 Å². The van der Waals surface area contributed by atoms with Crippen molar-refractivity contribution in [2.24, 2.45) is 5.92 Å². The summed E-state index contributed by atoms with van der Waals surface area (Å²) >= 11 is 0. The van der Waals surface area contributed by atoms with E-state index in [4.69, 9.17) is 5.11 Å². The fourth-order valence-electron chi connectivity index (χ4n) is 3.33. The zero-order valence-electron chi connectivity index (χ0n) is 14.7. The van der Waals surface area contributed by atoms with Crippen LogP contribution >= 0.6 is 0 Å². The molecule has 0 atom stereocenters. The van der Waals surface area contributed by atoms with Gasteiger partial charge in [0.2, 0.25) is 5.91 Å². The molecule has 5 nitrogen and oxygen atoms in total. The summed E-state index contributed by atoms with van der Waals surface area (Å²) in [6, 6.07) is 14.5. The molecule has 0 bridgehead atoms. The lowest BCUT2D eigenvalue weighted by Crippen LogP contribution is -2.24. The largest absolute Gasteiger partial charge is 0.478 e. The van der Waals surface area contributed by atoms with Gasteiger partial charge in [-0.3, -0.25) is 4.79 Å². The monoisotopic (exact) mass is 352 g/mol. The van der Waals surface area contributed by atoms with Crippen LogP contribution in [0.1, 0.15) is 48.0 Å². The highest BCUT2D eigenvalue weighted by molar-refractivity contribution is 5.93. The number of nitrogens with one attached hydrogen (secondary N) is 2. The second-order valence-electron chi connectivity index (χ2n) is 6.76. The fraction of sp³-hybridized carbons (Fsp3) is 0.333. The molecule has 1 saturated carbocycles. The molecule has 0 saturated heterocycles. The van der Waals surface area contributed by atoms with Crippen LogP contribution in [0, 0.1) is 5.92 Å². The first-order valence-corrected chi connectivity index (χ1v) is 9.09. The third kappa shape index (κ3) is 4.85. The van der Waals surface area contributed by atoms with Gasteiger partial charge in [-0.1, -0.05) is 37.5 Å². The number of aromatic carboxylic acids is 1. The molecule has 26 heavy (non-hydrogen) atoms. The van der Waals surface area contributed by atoms with Crippen molar-refractivity contribution in [3.05, 3.63) is 59.7 Å². The molecule has 2 aromatic rings. The van der Waals surface area contributed by atoms with E-state index < -0.39 is 5.97 Å². The molecule has 1 aliphatic rings. The Kier molecular flexibility index (Phi) is 5.89. The molecule has 1 fully saturated rings. The first-order chi connectivity index (χ1) is 12.6. The van der Waals surface area contributed by atoms with Crippen LogP contribution in [0.25, 0.3) is 0 Å². The Hall–Kier alpha value is -2.82. The molecule has 136 valence electrons. The van der Waals surface area contributed by atoms with Crippen LogP contribution in [0.2, 0.25) is 0 Å². The molecule has 0 aromatic heterocycles. The van der Waals surface area contributed by atoms with Crippen LogP contribution in [-0.2, 0) is 11.3 Å². The van der Waals surface area contributed by atoms with Crippen LogP contribution in [0.15, 0.2) is 48.5 Å². The third-order valence-electron chi connectivity index (χ3n) is 4.78. The Morgan fingerprint density at radius 2 is 1.69 bits per heavy atom. The number of rotatable bonds is 6. The highest BCUT2D eigenvalue weighted by atomic mass is 16.4. The summed E-state index contributed by atoms with van der Waals surface area (Å²) in [7, 11) is 0. The molecular formula is C21H24N2O3. The lowest BCUT2D eigenvalue weighted by atomic mass is 9.88. The predicted molar refractivity (Wildman–Crippen MR) is 102 cm³/mol. The summed E-state index contributed by atoms with van der Waals surface area (Å²) in [4.78, 5) is 23.4. The van der Waals surface area contributed by atoms with Crippen molar-refractivity contribution < 1.29 is 14.7 Å². The summed E-state index contributed by atoms with van der Waals surface area (Å²) < 4.78 is 0. The summed E-state index contributed by atoms with van der Waals surface area (Å²) in [5, 5.41) is 15.4. The number of carboxylic acids is 1. The van der Waals surface area contributed by atoms with Crippen LogP contribution < -0.4 is 10.6 Å². The van der Waals surface area contributed by atoms with E-state index in [-0.39, 0.29) is 17.4 Å². The Labute approximate surface area is 153 Å². The van der Waals surface area contributed by atoms with Gasteiger partial charge in [0.1, 0.15) is 0 Å². The van der Waals surface area contributed by atoms with Crippen molar-refractivity contribution >= 4 is 23.3 Å². The Bertz CT molecular complexity index is 782. The number of hydrogen-bond acceptors (Lipinski definition) is 3. The quantitative estimate of drug-likeness (QED) is 0.714. The minimum atomic E-state index is -0.931. The smallest absolute Gasteiger partial charge is 0.335 e. The number of hydrogen-bond donors (Lipinski definition) is 3. The molecule has 5 heteroatoms. The van der Waals surface area contributed by atoms with Crippen molar-refractivity contribution in [1.29, 1.82) is 0 Å². The Morgan fingerprint density at radius 3 is 2.46 bits per heavy atom. The minimum Gasteiger partial charge on any atom is -0.478 e. The molecule has 3 rings (SSSR count). The molecule has 1 aliphatic carbocycles. The van der Waals surface area contributed by atoms with Gasteiger partial charge in [-0.25, -0.2) is 4.79 Å². The number of benzene rings is 2. The number of anilines is 2. The molecule has 1 amide bonds. The van der Waals surface area contributed by atoms with E-state index >= 15 is 0 Å². The lowest BCUT2D eigenvalue weighted by Gasteiger charge is -2.21. The Morgan fingerprint density at radius 1 is 0.962 bits per heavy atom. The van der Waals surface area contributed by atoms with Crippen molar-refractivity contribution in [3.63, 3.8) is 0 Å². The zero-order chi connectivity index (χ0) is 18.4. The fourth-order valence-corrected chi connectivity index (χ4v) is 3.33. The lowest BCUT2D eigenvalue weighted by molar-refractivity contribution is -0.120. The van der Waals surface area contributed by atoms with Crippen molar-refractivity contribution in [1.82, 2.24) is 0 Å². The summed E-state index contributed by atoms with van der Waals surface area (Å²) in [5.41, 5.74) is 2.83. The predicted octanol–water partition coefficient (Wildman–Crippen LogP) is 4.52. The first kappa shape index (κ1) is 18.0. The molecule has 0 radical (unpaired) electrons. The summed E-state index contributed by atoms with van der Waals surface area (Å²) in [5.74, 6) is -0.700. The molecule has 0 unspecified atom stereocenters. The third-order valence-corrected chi connectivity index (χ3v) is 4.78. The number of carbonyl (C=O) groups is 2. The van der Waals surface area contributed by atoms with Gasteiger partial charge in [-0.2, -0.15) is 0 Å². The maximum absolute atomic E-state index is 12.4. The van der Waals surface area contributed by atoms with Gasteiger partial charge in [-0.15, -0.1) is 0 Å². The van der Waals surface area contributed by atoms with Gasteiger partial charge >= 0.3 is 5.97 Å². The second kappa shape index (κ2) is 8.52. The van der Waals surface area contributed by atoms with E-state index in [9.17, 15) is 9.59 Å². The molecule has 2 aromatic carbocycles. The van der Waals surface area contributed by atoms with E-state index in [1.165, 1.54) is 6.42 Å². The normalized spacial score (nSPS) is 14.6. The number of carboxylic acid groups (broad SMARTS) is 1. The number of carbonyl (C=O) groups excluding carboxylic acids is 1. The highest BCUT2D eigenvalue weighted by Gasteiger charge is 2.21. The summed E-state index contributed by atoms with van der Waals surface area (Å²) in [6.45, 7) is 0.515. The Balaban J connectivity index is 1.59. The van der Waals surface area contributed by atoms with Gasteiger partial charge < -0.3 is 15.7 Å². The van der Waals surface area contributed by atoms with E-state index in [1.54, 1.807) is 18.2 Å². The van der Waals surface area contributed by atoms with E-state index in [0.717, 1.165) is 42.6 Å². The molecule has 0 aliphatic heterocycles. The zero-order valence-corrected chi connectivity index (χ0v) is 14.7. The van der Waals surface area contributed by atoms with Crippen LogP contribution in [0.3, 0.4) is 0 Å². The van der Waals surface area contributed by atoms with E-state index in [1.807, 2.05) is 30.3 Å². The van der Waals surface area contributed by atoms with Gasteiger partial charge in [0.15, 0.2) is 0 Å². The van der Waals surface area contributed by atoms with Crippen molar-refractivity contribution in [2.75, 3.05) is 10.6 Å². The maximum atomic E-state index is 12.4. The van der Waals surface area contributed by atoms with E-state index in [0.29, 0.717) is 6.54 Å². The maximum Gasteiger partial charge on any atom is 0.335 e. The average molecular weight is 352 g/mol. The second-order valence-corrected chi connectivity index (χ2v) is 6.76. The van der Waals surface area contributed by atoms with Crippen LogP contribution in [0.4, 0.5) is 11.4 Å². The van der Waals surface area contributed by atoms with Crippen molar-refractivity contribution in [3.8, 4) is 0 Å². The van der Waals surface area contributed by atoms with Crippen LogP contribution in [-0.4, -0.2) is 17.0 Å². The highest BCUT2D eigenvalue weighted by Crippen LogP contribution is 2.25. The average Bonchev–Trinajstić information content (AvgIpc) is 2.67. The number of amides is 1. The van der Waals surface area contributed by atoms with Gasteiger partial charge in [-0.05, 0) is 48.7 Å². The van der Waals surface area contributed by atoms with Gasteiger partial charge in [0.25, 0.3) is 0 Å². The topological polar surface area (TPSA) is 78.4 Å². The van der Waals surface area contributed by atoms with E-state index in [2.05, 4.69) is 10.6 Å². The van der Waals surface area contributed by atoms with Gasteiger partial charge in [0, 0.05) is 23.8 Å². The molecule has 3 N–H and O–H groups in total. The van der Waals surface area contributed by atoms with Gasteiger partial charge in [0.05, 0.1) is 5.56 Å². The molecular weight excluding hydrogens is 328 g/mol.